The highest BCUT2D eigenvalue weighted by atomic mass is 32.1. The second-order valence-corrected chi connectivity index (χ2v) is 9.15. The highest BCUT2D eigenvalue weighted by molar-refractivity contribution is 7.22. The van der Waals surface area contributed by atoms with Gasteiger partial charge < -0.3 is 9.84 Å². The van der Waals surface area contributed by atoms with Crippen molar-refractivity contribution in [3.63, 3.8) is 0 Å². The zero-order valence-corrected chi connectivity index (χ0v) is 19.8. The molecular formula is C27H28N2O3S. The molecule has 2 aromatic carbocycles. The number of thiophene rings is 1. The molecule has 0 aliphatic rings. The zero-order valence-electron chi connectivity index (χ0n) is 19.0. The maximum absolute atomic E-state index is 10.8. The molecule has 0 fully saturated rings. The van der Waals surface area contributed by atoms with Crippen molar-refractivity contribution in [2.45, 2.75) is 52.1 Å². The number of nitrogens with zero attached hydrogens (tertiary/aromatic N) is 2. The monoisotopic (exact) mass is 460 g/mol. The van der Waals surface area contributed by atoms with Crippen LogP contribution in [0.25, 0.3) is 31.8 Å². The molecule has 0 aliphatic heterocycles. The lowest BCUT2D eigenvalue weighted by Crippen LogP contribution is -2.13. The van der Waals surface area contributed by atoms with Gasteiger partial charge in [-0.1, -0.05) is 61.5 Å². The van der Waals surface area contributed by atoms with Crippen LogP contribution in [0.5, 0.6) is 5.88 Å². The number of benzene rings is 2. The average Bonchev–Trinajstić information content (AvgIpc) is 3.23. The second-order valence-electron chi connectivity index (χ2n) is 8.15. The van der Waals surface area contributed by atoms with E-state index in [2.05, 4.69) is 53.3 Å². The lowest BCUT2D eigenvalue weighted by molar-refractivity contribution is -0.137. The predicted molar refractivity (Wildman–Crippen MR) is 134 cm³/mol. The van der Waals surface area contributed by atoms with E-state index < -0.39 is 5.97 Å². The molecule has 33 heavy (non-hydrogen) atoms. The Balaban J connectivity index is 1.74. The Hall–Kier alpha value is -3.25. The smallest absolute Gasteiger partial charge is 0.303 e. The van der Waals surface area contributed by atoms with Gasteiger partial charge in [-0.05, 0) is 49.3 Å². The molecule has 6 heteroatoms. The summed E-state index contributed by atoms with van der Waals surface area (Å²) >= 11 is 1.65. The van der Waals surface area contributed by atoms with Gasteiger partial charge in [-0.25, -0.2) is 9.97 Å². The maximum Gasteiger partial charge on any atom is 0.303 e. The summed E-state index contributed by atoms with van der Waals surface area (Å²) in [6.45, 7) is 4.16. The van der Waals surface area contributed by atoms with Crippen molar-refractivity contribution in [1.29, 1.82) is 0 Å². The van der Waals surface area contributed by atoms with Crippen LogP contribution in [0, 0.1) is 0 Å². The number of unbranched alkanes of at least 4 members (excludes halogenated alkanes) is 1. The van der Waals surface area contributed by atoms with E-state index in [9.17, 15) is 4.79 Å². The number of aliphatic carboxylic acids is 1. The minimum Gasteiger partial charge on any atom is -0.481 e. The Kier molecular flexibility index (Phi) is 7.35. The van der Waals surface area contributed by atoms with Gasteiger partial charge in [0.2, 0.25) is 5.88 Å². The standard InChI is InChI=1S/C27H28N2O3S/c1-3-19-13-15-20(16-14-19)23-24-26(32-18(2)9-7-8-12-22(30)31)28-17-29-27(24)33-25(23)21-10-5-4-6-11-21/h4-6,10-11,13-18H,3,7-9,12H2,1-2H3,(H,30,31)/t18-/m0/s1. The molecule has 0 aliphatic carbocycles. The van der Waals surface area contributed by atoms with Crippen LogP contribution in [-0.4, -0.2) is 27.1 Å². The predicted octanol–water partition coefficient (Wildman–Crippen LogP) is 7.00. The third-order valence-corrected chi connectivity index (χ3v) is 6.85. The first-order chi connectivity index (χ1) is 16.1. The minimum atomic E-state index is -0.758. The molecule has 1 N–H and O–H groups in total. The number of aryl methyl sites for hydroxylation is 1. The van der Waals surface area contributed by atoms with Crippen molar-refractivity contribution in [2.24, 2.45) is 0 Å². The van der Waals surface area contributed by atoms with Gasteiger partial charge in [-0.3, -0.25) is 4.79 Å². The van der Waals surface area contributed by atoms with Crippen molar-refractivity contribution < 1.29 is 14.6 Å². The molecule has 0 unspecified atom stereocenters. The van der Waals surface area contributed by atoms with Crippen LogP contribution in [0.2, 0.25) is 0 Å². The fraction of sp³-hybridized carbons (Fsp3) is 0.296. The van der Waals surface area contributed by atoms with E-state index in [0.717, 1.165) is 51.0 Å². The molecule has 2 heterocycles. The Morgan fingerprint density at radius 3 is 2.48 bits per heavy atom. The lowest BCUT2D eigenvalue weighted by atomic mass is 9.98. The number of hydrogen-bond acceptors (Lipinski definition) is 5. The zero-order chi connectivity index (χ0) is 23.2. The van der Waals surface area contributed by atoms with E-state index in [1.165, 1.54) is 5.56 Å². The summed E-state index contributed by atoms with van der Waals surface area (Å²) in [5.74, 6) is -0.176. The summed E-state index contributed by atoms with van der Waals surface area (Å²) in [5.41, 5.74) is 4.65. The summed E-state index contributed by atoms with van der Waals surface area (Å²) in [4.78, 5) is 21.9. The molecule has 2 aromatic heterocycles. The highest BCUT2D eigenvalue weighted by Crippen LogP contribution is 2.46. The highest BCUT2D eigenvalue weighted by Gasteiger charge is 2.22. The van der Waals surface area contributed by atoms with E-state index in [4.69, 9.17) is 9.84 Å². The summed E-state index contributed by atoms with van der Waals surface area (Å²) in [6.07, 6.45) is 4.88. The Morgan fingerprint density at radius 2 is 1.79 bits per heavy atom. The van der Waals surface area contributed by atoms with Crippen LogP contribution >= 0.6 is 11.3 Å². The van der Waals surface area contributed by atoms with Gasteiger partial charge in [0.15, 0.2) is 0 Å². The van der Waals surface area contributed by atoms with Crippen molar-refractivity contribution in [2.75, 3.05) is 0 Å². The first kappa shape index (κ1) is 22.9. The van der Waals surface area contributed by atoms with Gasteiger partial charge in [0.1, 0.15) is 11.2 Å². The average molecular weight is 461 g/mol. The molecule has 4 aromatic rings. The molecule has 0 spiro atoms. The molecular weight excluding hydrogens is 432 g/mol. The van der Waals surface area contributed by atoms with E-state index in [1.807, 2.05) is 25.1 Å². The molecule has 0 saturated heterocycles. The number of rotatable bonds is 10. The summed E-state index contributed by atoms with van der Waals surface area (Å²) in [6, 6.07) is 19.0. The van der Waals surface area contributed by atoms with E-state index in [0.29, 0.717) is 12.3 Å². The van der Waals surface area contributed by atoms with Gasteiger partial charge in [0.25, 0.3) is 0 Å². The lowest BCUT2D eigenvalue weighted by Gasteiger charge is -2.15. The Morgan fingerprint density at radius 1 is 1.03 bits per heavy atom. The Labute approximate surface area is 198 Å². The summed E-state index contributed by atoms with van der Waals surface area (Å²) < 4.78 is 6.30. The van der Waals surface area contributed by atoms with Gasteiger partial charge in [0.05, 0.1) is 11.5 Å². The fourth-order valence-corrected chi connectivity index (χ4v) is 5.09. The number of ether oxygens (including phenoxy) is 1. The molecule has 170 valence electrons. The molecule has 4 rings (SSSR count). The van der Waals surface area contributed by atoms with Gasteiger partial charge in [0, 0.05) is 16.9 Å². The number of carboxylic acids is 1. The van der Waals surface area contributed by atoms with Crippen molar-refractivity contribution in [1.82, 2.24) is 9.97 Å². The third-order valence-electron chi connectivity index (χ3n) is 5.70. The quantitative estimate of drug-likeness (QED) is 0.258. The second kappa shape index (κ2) is 10.6. The van der Waals surface area contributed by atoms with E-state index in [-0.39, 0.29) is 12.5 Å². The number of hydrogen-bond donors (Lipinski definition) is 1. The minimum absolute atomic E-state index is 0.0766. The van der Waals surface area contributed by atoms with Gasteiger partial charge in [-0.2, -0.15) is 0 Å². The van der Waals surface area contributed by atoms with Crippen molar-refractivity contribution in [3.05, 3.63) is 66.5 Å². The number of fused-ring (bicyclic) bond motifs is 1. The molecule has 0 bridgehead atoms. The Bertz CT molecular complexity index is 1220. The molecule has 0 amide bonds. The van der Waals surface area contributed by atoms with Crippen LogP contribution in [0.15, 0.2) is 60.9 Å². The van der Waals surface area contributed by atoms with Crippen LogP contribution < -0.4 is 4.74 Å². The molecule has 0 saturated carbocycles. The van der Waals surface area contributed by atoms with E-state index >= 15 is 0 Å². The molecule has 1 atom stereocenters. The topological polar surface area (TPSA) is 72.3 Å². The number of carbonyl (C=O) groups is 1. The van der Waals surface area contributed by atoms with Gasteiger partial charge in [-0.15, -0.1) is 11.3 Å². The first-order valence-corrected chi connectivity index (χ1v) is 12.2. The fourth-order valence-electron chi connectivity index (χ4n) is 3.93. The van der Waals surface area contributed by atoms with Crippen LogP contribution in [0.4, 0.5) is 0 Å². The maximum atomic E-state index is 10.8. The number of carboxylic acid groups (broad SMARTS) is 1. The van der Waals surface area contributed by atoms with Crippen molar-refractivity contribution in [3.8, 4) is 27.4 Å². The van der Waals surface area contributed by atoms with E-state index in [1.54, 1.807) is 17.7 Å². The SMILES string of the molecule is CCc1ccc(-c2c(-c3ccccc3)sc3ncnc(O[C@@H](C)CCCCC(=O)O)c23)cc1. The summed E-state index contributed by atoms with van der Waals surface area (Å²) in [7, 11) is 0. The van der Waals surface area contributed by atoms with Crippen LogP contribution in [-0.2, 0) is 11.2 Å². The summed E-state index contributed by atoms with van der Waals surface area (Å²) in [5, 5.41) is 9.79. The van der Waals surface area contributed by atoms with Crippen LogP contribution in [0.1, 0.15) is 45.1 Å². The molecule has 5 nitrogen and oxygen atoms in total. The number of aromatic nitrogens is 2. The first-order valence-electron chi connectivity index (χ1n) is 11.4. The third kappa shape index (κ3) is 5.40. The largest absolute Gasteiger partial charge is 0.481 e. The molecule has 0 radical (unpaired) electrons. The van der Waals surface area contributed by atoms with Crippen molar-refractivity contribution >= 4 is 27.5 Å². The van der Waals surface area contributed by atoms with Gasteiger partial charge >= 0.3 is 5.97 Å². The van der Waals surface area contributed by atoms with Crippen LogP contribution in [0.3, 0.4) is 0 Å². The normalized spacial score (nSPS) is 12.1.